The van der Waals surface area contributed by atoms with Gasteiger partial charge < -0.3 is 16.0 Å². The number of hydrogen-bond acceptors (Lipinski definition) is 5. The summed E-state index contributed by atoms with van der Waals surface area (Å²) in [5, 5.41) is 11.1. The molecule has 5 rings (SSSR count). The Labute approximate surface area is 249 Å². The van der Waals surface area contributed by atoms with Crippen LogP contribution in [0.3, 0.4) is 0 Å². The van der Waals surface area contributed by atoms with Gasteiger partial charge in [-0.3, -0.25) is 15.1 Å². The van der Waals surface area contributed by atoms with Crippen LogP contribution in [0.25, 0.3) is 0 Å². The van der Waals surface area contributed by atoms with Crippen LogP contribution in [0.4, 0.5) is 11.4 Å². The van der Waals surface area contributed by atoms with Gasteiger partial charge in [0.15, 0.2) is 0 Å². The van der Waals surface area contributed by atoms with Gasteiger partial charge in [0.1, 0.15) is 11.1 Å². The van der Waals surface area contributed by atoms with Crippen molar-refractivity contribution in [2.24, 2.45) is 5.73 Å². The van der Waals surface area contributed by atoms with Gasteiger partial charge in [0, 0.05) is 41.3 Å². The number of rotatable bonds is 11. The normalized spacial score (nSPS) is 21.0. The lowest BCUT2D eigenvalue weighted by Gasteiger charge is -2.39. The van der Waals surface area contributed by atoms with E-state index < -0.39 is 0 Å². The number of carbonyl (C=O) groups excluding carboxylic acids is 1. The van der Waals surface area contributed by atoms with Crippen molar-refractivity contribution >= 4 is 34.9 Å². The molecule has 6 nitrogen and oxygen atoms in total. The Bertz CT molecular complexity index is 1340. The first-order chi connectivity index (χ1) is 19.9. The second-order valence-electron chi connectivity index (χ2n) is 11.5. The van der Waals surface area contributed by atoms with Gasteiger partial charge in [-0.25, -0.2) is 0 Å². The number of nitrogens with two attached hydrogens (primary N) is 1. The molecule has 0 saturated carbocycles. The number of nitrogens with one attached hydrogen (secondary N) is 2. The van der Waals surface area contributed by atoms with E-state index in [-0.39, 0.29) is 17.0 Å². The highest BCUT2D eigenvalue weighted by atomic mass is 32.2. The second kappa shape index (κ2) is 13.6. The van der Waals surface area contributed by atoms with Gasteiger partial charge in [0.05, 0.1) is 5.69 Å². The molecule has 1 fully saturated rings. The van der Waals surface area contributed by atoms with Gasteiger partial charge in [-0.1, -0.05) is 61.4 Å². The fourth-order valence-electron chi connectivity index (χ4n) is 6.14. The molecule has 216 valence electrons. The predicted octanol–water partition coefficient (Wildman–Crippen LogP) is 7.20. The minimum Gasteiger partial charge on any atom is -0.384 e. The molecule has 1 amide bonds. The molecular formula is C34H43N5OS. The molecule has 0 aliphatic carbocycles. The van der Waals surface area contributed by atoms with Crippen LogP contribution in [0.2, 0.25) is 0 Å². The Kier molecular flexibility index (Phi) is 9.68. The molecule has 3 aromatic carbocycles. The van der Waals surface area contributed by atoms with Gasteiger partial charge in [-0.2, -0.15) is 0 Å². The van der Waals surface area contributed by atoms with Crippen LogP contribution in [-0.4, -0.2) is 41.8 Å². The number of thioether (sulfide) groups is 1. The van der Waals surface area contributed by atoms with E-state index in [1.54, 1.807) is 11.8 Å². The maximum absolute atomic E-state index is 14.0. The third kappa shape index (κ3) is 7.14. The summed E-state index contributed by atoms with van der Waals surface area (Å²) in [6.45, 7) is 7.29. The lowest BCUT2D eigenvalue weighted by Crippen LogP contribution is -2.44. The number of carbonyl (C=O) groups is 1. The van der Waals surface area contributed by atoms with E-state index in [0.717, 1.165) is 54.2 Å². The quantitative estimate of drug-likeness (QED) is 0.129. The standard InChI is InChI=1S/C34H43N5OS/c1-24-11-9-12-25(2)38(24)19-7-4-8-20-39-30-22-29(37-23-26-13-5-3-6-14-26)17-18-31(30)41-32(34(39)40)27-15-10-16-28(21-27)33(35)36/h3,5-6,10,13-18,21-22,24-25,32,37H,4,7-9,11-12,19-20,23H2,1-2H3,(H3,35,36)/t24-,25+,32?. The van der Waals surface area contributed by atoms with Crippen molar-refractivity contribution in [1.82, 2.24) is 4.90 Å². The first-order valence-electron chi connectivity index (χ1n) is 15.0. The minimum absolute atomic E-state index is 0.0174. The Balaban J connectivity index is 1.31. The van der Waals surface area contributed by atoms with Crippen LogP contribution in [0.1, 0.15) is 74.3 Å². The number of unbranched alkanes of at least 4 members (excludes halogenated alkanes) is 2. The molecule has 0 spiro atoms. The van der Waals surface area contributed by atoms with Crippen molar-refractivity contribution in [2.75, 3.05) is 23.3 Å². The molecule has 41 heavy (non-hydrogen) atoms. The first kappa shape index (κ1) is 29.2. The summed E-state index contributed by atoms with van der Waals surface area (Å²) in [7, 11) is 0. The minimum atomic E-state index is -0.361. The number of amidine groups is 1. The van der Waals surface area contributed by atoms with Crippen LogP contribution in [-0.2, 0) is 11.3 Å². The fraction of sp³-hybridized carbons (Fsp3) is 0.412. The summed E-state index contributed by atoms with van der Waals surface area (Å²) in [4.78, 5) is 19.8. The van der Waals surface area contributed by atoms with Gasteiger partial charge >= 0.3 is 0 Å². The van der Waals surface area contributed by atoms with E-state index in [1.165, 1.54) is 24.8 Å². The molecule has 1 unspecified atom stereocenters. The Hall–Kier alpha value is -3.29. The van der Waals surface area contributed by atoms with Crippen molar-refractivity contribution in [3.8, 4) is 0 Å². The van der Waals surface area contributed by atoms with Crippen molar-refractivity contribution in [3.05, 3.63) is 89.5 Å². The van der Waals surface area contributed by atoms with E-state index >= 15 is 0 Å². The number of nitrogen functional groups attached to an aromatic ring is 1. The molecule has 2 aliphatic heterocycles. The SMILES string of the molecule is C[C@@H]1CCC[C@H](C)N1CCCCCN1C(=O)C(c2cccc(C(=N)N)c2)Sc2ccc(NCc3ccccc3)cc21. The summed E-state index contributed by atoms with van der Waals surface area (Å²) in [5.74, 6) is 0.116. The average Bonchev–Trinajstić information content (AvgIpc) is 2.98. The van der Waals surface area contributed by atoms with Gasteiger partial charge in [-0.05, 0) is 81.5 Å². The zero-order valence-electron chi connectivity index (χ0n) is 24.3. The maximum Gasteiger partial charge on any atom is 0.245 e. The first-order valence-corrected chi connectivity index (χ1v) is 15.9. The molecule has 0 radical (unpaired) electrons. The number of amides is 1. The molecule has 2 aliphatic rings. The third-order valence-corrected chi connectivity index (χ3v) is 9.81. The Morgan fingerprint density at radius 3 is 2.46 bits per heavy atom. The topological polar surface area (TPSA) is 85.5 Å². The number of likely N-dealkylation sites (tertiary alicyclic amines) is 1. The zero-order chi connectivity index (χ0) is 28.8. The molecule has 7 heteroatoms. The van der Waals surface area contributed by atoms with Crippen molar-refractivity contribution in [3.63, 3.8) is 0 Å². The number of fused-ring (bicyclic) bond motifs is 1. The summed E-state index contributed by atoms with van der Waals surface area (Å²) >= 11 is 1.59. The molecule has 4 N–H and O–H groups in total. The highest BCUT2D eigenvalue weighted by Gasteiger charge is 2.35. The predicted molar refractivity (Wildman–Crippen MR) is 172 cm³/mol. The molecule has 3 aromatic rings. The number of benzene rings is 3. The lowest BCUT2D eigenvalue weighted by molar-refractivity contribution is -0.118. The van der Waals surface area contributed by atoms with Crippen molar-refractivity contribution in [1.29, 1.82) is 5.41 Å². The molecule has 2 heterocycles. The van der Waals surface area contributed by atoms with Gasteiger partial charge in [-0.15, -0.1) is 11.8 Å². The van der Waals surface area contributed by atoms with E-state index in [2.05, 4.69) is 66.5 Å². The Morgan fingerprint density at radius 2 is 1.71 bits per heavy atom. The van der Waals surface area contributed by atoms with E-state index in [0.29, 0.717) is 24.2 Å². The highest BCUT2D eigenvalue weighted by molar-refractivity contribution is 8.00. The summed E-state index contributed by atoms with van der Waals surface area (Å²) in [6.07, 6.45) is 7.15. The summed E-state index contributed by atoms with van der Waals surface area (Å²) in [6, 6.07) is 25.6. The largest absolute Gasteiger partial charge is 0.384 e. The average molecular weight is 570 g/mol. The van der Waals surface area contributed by atoms with Gasteiger partial charge in [0.25, 0.3) is 0 Å². The number of anilines is 2. The molecule has 0 aromatic heterocycles. The van der Waals surface area contributed by atoms with Crippen LogP contribution < -0.4 is 16.0 Å². The second-order valence-corrected chi connectivity index (χ2v) is 12.6. The monoisotopic (exact) mass is 569 g/mol. The fourth-order valence-corrected chi connectivity index (χ4v) is 7.34. The smallest absolute Gasteiger partial charge is 0.245 e. The molecule has 0 bridgehead atoms. The molecule has 1 saturated heterocycles. The lowest BCUT2D eigenvalue weighted by atomic mass is 9.97. The highest BCUT2D eigenvalue weighted by Crippen LogP contribution is 2.47. The van der Waals surface area contributed by atoms with Crippen LogP contribution >= 0.6 is 11.8 Å². The summed E-state index contributed by atoms with van der Waals surface area (Å²) < 4.78 is 0. The zero-order valence-corrected chi connectivity index (χ0v) is 25.1. The molecule has 3 atom stereocenters. The third-order valence-electron chi connectivity index (χ3n) is 8.50. The summed E-state index contributed by atoms with van der Waals surface area (Å²) in [5.41, 5.74) is 10.5. The molecular weight excluding hydrogens is 526 g/mol. The number of nitrogens with zero attached hydrogens (tertiary/aromatic N) is 2. The number of piperidine rings is 1. The van der Waals surface area contributed by atoms with Crippen LogP contribution in [0.5, 0.6) is 0 Å². The maximum atomic E-state index is 14.0. The van der Waals surface area contributed by atoms with E-state index in [4.69, 9.17) is 11.1 Å². The number of hydrogen-bond donors (Lipinski definition) is 3. The van der Waals surface area contributed by atoms with Crippen molar-refractivity contribution < 1.29 is 4.79 Å². The van der Waals surface area contributed by atoms with Gasteiger partial charge in [0.2, 0.25) is 5.91 Å². The van der Waals surface area contributed by atoms with E-state index in [1.807, 2.05) is 35.2 Å². The van der Waals surface area contributed by atoms with Crippen LogP contribution in [0, 0.1) is 5.41 Å². The Morgan fingerprint density at radius 1 is 0.951 bits per heavy atom. The van der Waals surface area contributed by atoms with Crippen LogP contribution in [0.15, 0.2) is 77.7 Å². The van der Waals surface area contributed by atoms with E-state index in [9.17, 15) is 4.79 Å². The van der Waals surface area contributed by atoms with Crippen molar-refractivity contribution in [2.45, 2.75) is 81.1 Å².